The minimum Gasteiger partial charge on any atom is -0.356 e. The van der Waals surface area contributed by atoms with E-state index in [1.165, 1.54) is 54.2 Å². The summed E-state index contributed by atoms with van der Waals surface area (Å²) < 4.78 is 39.2. The highest BCUT2D eigenvalue weighted by Gasteiger charge is 2.06. The van der Waals surface area contributed by atoms with E-state index in [4.69, 9.17) is 6.85 Å². The number of anilines is 10. The second kappa shape index (κ2) is 31.6. The summed E-state index contributed by atoms with van der Waals surface area (Å²) in [5, 5.41) is 27.1. The zero-order chi connectivity index (χ0) is 67.3. The molecule has 0 saturated carbocycles. The van der Waals surface area contributed by atoms with Crippen LogP contribution in [0.2, 0.25) is 0 Å². The Morgan fingerprint density at radius 3 is 0.892 bits per heavy atom. The van der Waals surface area contributed by atoms with Gasteiger partial charge in [0.25, 0.3) is 0 Å². The number of nitrogens with one attached hydrogen (secondary N) is 5. The summed E-state index contributed by atoms with van der Waals surface area (Å²) in [6.45, 7) is 0. The zero-order valence-electron chi connectivity index (χ0n) is 56.2. The van der Waals surface area contributed by atoms with Crippen LogP contribution in [0.3, 0.4) is 0 Å². The van der Waals surface area contributed by atoms with Crippen LogP contribution in [0.15, 0.2) is 400 Å². The van der Waals surface area contributed by atoms with Gasteiger partial charge < -0.3 is 26.6 Å². The Labute approximate surface area is 553 Å². The first-order chi connectivity index (χ1) is 48.2. The number of hydrogen-bond acceptors (Lipinski definition) is 5. The van der Waals surface area contributed by atoms with Gasteiger partial charge >= 0.3 is 0 Å². The Hall–Kier alpha value is -12.4. The summed E-state index contributed by atoms with van der Waals surface area (Å²) in [7, 11) is 0. The van der Waals surface area contributed by atoms with Crippen molar-refractivity contribution in [1.29, 1.82) is 0 Å². The molecule has 16 rings (SSSR count). The molecule has 5 nitrogen and oxygen atoms in total. The fraction of sp³-hybridized carbons (Fsp3) is 0. The van der Waals surface area contributed by atoms with E-state index in [2.05, 4.69) is 281 Å². The molecule has 0 spiro atoms. The van der Waals surface area contributed by atoms with Gasteiger partial charge in [-0.15, -0.1) is 0 Å². The average molecular weight is 1200 g/mol. The van der Waals surface area contributed by atoms with Crippen LogP contribution >= 0.6 is 0 Å². The molecule has 0 unspecified atom stereocenters. The summed E-state index contributed by atoms with van der Waals surface area (Å²) in [6.07, 6.45) is 0. The van der Waals surface area contributed by atoms with Crippen molar-refractivity contribution in [3.8, 4) is 22.3 Å². The van der Waals surface area contributed by atoms with Crippen LogP contribution in [0.4, 0.5) is 56.9 Å². The molecule has 0 radical (unpaired) electrons. The van der Waals surface area contributed by atoms with Crippen molar-refractivity contribution < 1.29 is 6.85 Å². The molecule has 448 valence electrons. The Kier molecular flexibility index (Phi) is 18.6. The van der Waals surface area contributed by atoms with E-state index in [0.717, 1.165) is 56.9 Å². The van der Waals surface area contributed by atoms with Crippen molar-refractivity contribution in [2.75, 3.05) is 26.6 Å². The van der Waals surface area contributed by atoms with E-state index >= 15 is 0 Å². The van der Waals surface area contributed by atoms with Crippen molar-refractivity contribution in [3.63, 3.8) is 0 Å². The number of hydrogen-bond donors (Lipinski definition) is 5. The van der Waals surface area contributed by atoms with Gasteiger partial charge in [-0.05, 0) is 152 Å². The molecule has 0 aliphatic heterocycles. The predicted molar refractivity (Wildman–Crippen MR) is 402 cm³/mol. The molecule has 16 aromatic carbocycles. The summed E-state index contributed by atoms with van der Waals surface area (Å²) in [5.41, 5.74) is 14.1. The summed E-state index contributed by atoms with van der Waals surface area (Å²) >= 11 is 0. The van der Waals surface area contributed by atoms with Crippen molar-refractivity contribution in [3.05, 3.63) is 400 Å². The van der Waals surface area contributed by atoms with Crippen LogP contribution in [-0.2, 0) is 0 Å². The van der Waals surface area contributed by atoms with E-state index in [1.54, 1.807) is 12.1 Å². The molecule has 0 aliphatic carbocycles. The molecule has 0 amide bonds. The molecule has 5 N–H and O–H groups in total. The smallest absolute Gasteiger partial charge is 0.0629 e. The maximum Gasteiger partial charge on any atom is 0.0629 e. The van der Waals surface area contributed by atoms with E-state index in [-0.39, 0.29) is 35.8 Å². The third-order valence-electron chi connectivity index (χ3n) is 15.3. The second-order valence-corrected chi connectivity index (χ2v) is 21.8. The van der Waals surface area contributed by atoms with E-state index in [9.17, 15) is 0 Å². The third-order valence-corrected chi connectivity index (χ3v) is 15.3. The summed E-state index contributed by atoms with van der Waals surface area (Å²) in [4.78, 5) is 0. The number of rotatable bonds is 12. The lowest BCUT2D eigenvalue weighted by molar-refractivity contribution is 1.54. The Morgan fingerprint density at radius 2 is 0.462 bits per heavy atom. The highest BCUT2D eigenvalue weighted by atomic mass is 14.9. The van der Waals surface area contributed by atoms with Crippen molar-refractivity contribution >= 4 is 100.0 Å². The zero-order valence-corrected chi connectivity index (χ0v) is 51.2. The highest BCUT2D eigenvalue weighted by molar-refractivity contribution is 6.01. The van der Waals surface area contributed by atoms with Gasteiger partial charge in [-0.2, -0.15) is 0 Å². The third kappa shape index (κ3) is 17.3. The minimum absolute atomic E-state index is 0.190. The molecule has 16 aromatic rings. The molecule has 93 heavy (non-hydrogen) atoms. The molecular weight excluding hydrogens is 1130 g/mol. The maximum absolute atomic E-state index is 8.02. The lowest BCUT2D eigenvalue weighted by atomic mass is 10.1. The Bertz CT molecular complexity index is 5100. The van der Waals surface area contributed by atoms with E-state index in [1.807, 2.05) is 103 Å². The fourth-order valence-electron chi connectivity index (χ4n) is 10.6. The van der Waals surface area contributed by atoms with Gasteiger partial charge in [-0.3, -0.25) is 0 Å². The second-order valence-electron chi connectivity index (χ2n) is 21.8. The molecule has 0 bridgehead atoms. The summed E-state index contributed by atoms with van der Waals surface area (Å²) in [6, 6.07) is 124. The van der Waals surface area contributed by atoms with Gasteiger partial charge in [0.2, 0.25) is 0 Å². The first kappa shape index (κ1) is 54.7. The monoisotopic (exact) mass is 1200 g/mol. The first-order valence-electron chi connectivity index (χ1n) is 33.5. The van der Waals surface area contributed by atoms with E-state index in [0.29, 0.717) is 5.56 Å². The van der Waals surface area contributed by atoms with Crippen LogP contribution in [-0.4, -0.2) is 0 Å². The van der Waals surface area contributed by atoms with Crippen molar-refractivity contribution in [2.45, 2.75) is 0 Å². The normalized spacial score (nSPS) is 11.1. The van der Waals surface area contributed by atoms with Gasteiger partial charge in [0, 0.05) is 73.0 Å². The Morgan fingerprint density at radius 1 is 0.172 bits per heavy atom. The van der Waals surface area contributed by atoms with Gasteiger partial charge in [0.05, 0.1) is 6.85 Å². The van der Waals surface area contributed by atoms with Crippen LogP contribution in [0.1, 0.15) is 6.85 Å². The van der Waals surface area contributed by atoms with Crippen LogP contribution in [0.25, 0.3) is 65.3 Å². The largest absolute Gasteiger partial charge is 0.356 e. The highest BCUT2D eigenvalue weighted by Crippen LogP contribution is 2.32. The standard InChI is InChI=1S/C20H15N.2C18H15N.2C16H13N/c1-3-11-17-15(7-1)9-5-13-19(17)21-20-14-6-10-16-8-2-4-12-18(16)20;2*1-3-7-15(8-4-1)16-11-13-18(14-12-16)19-17-9-5-2-6-10-17;1-2-9-14(10-3-1)17-16-12-6-8-13-7-4-5-11-15(13)16;1-2-8-15(9-3-1)17-16-11-10-13-6-4-5-7-14(13)12-16/h1-14,21H;2*1-14,19H;2*1-12,17H/i;1D,3D,4D,7D,8D;;;. The van der Waals surface area contributed by atoms with Gasteiger partial charge in [0.15, 0.2) is 0 Å². The number of fused-ring (bicyclic) bond motifs is 4. The number of benzene rings is 16. The van der Waals surface area contributed by atoms with Crippen LogP contribution in [0, 0.1) is 0 Å². The topological polar surface area (TPSA) is 60.1 Å². The molecular formula is C88H71N5. The molecule has 0 fully saturated rings. The Balaban J connectivity index is 0.000000117. The molecule has 0 atom stereocenters. The molecule has 5 heteroatoms. The number of para-hydroxylation sites is 4. The van der Waals surface area contributed by atoms with Crippen molar-refractivity contribution in [2.24, 2.45) is 0 Å². The first-order valence-corrected chi connectivity index (χ1v) is 31.0. The van der Waals surface area contributed by atoms with Crippen LogP contribution in [0.5, 0.6) is 0 Å². The maximum atomic E-state index is 8.02. The summed E-state index contributed by atoms with van der Waals surface area (Å²) in [5.74, 6) is 0. The lowest BCUT2D eigenvalue weighted by Crippen LogP contribution is -1.92. The quantitative estimate of drug-likeness (QED) is 0.0844. The molecule has 0 aromatic heterocycles. The van der Waals surface area contributed by atoms with Gasteiger partial charge in [-0.1, -0.05) is 297 Å². The minimum atomic E-state index is -0.379. The fourth-order valence-corrected chi connectivity index (χ4v) is 10.6. The molecule has 0 saturated heterocycles. The van der Waals surface area contributed by atoms with Crippen molar-refractivity contribution in [1.82, 2.24) is 0 Å². The molecule has 0 aliphatic rings. The SMILES string of the molecule is [2H]c1c([2H])c([2H])c(-c2ccc(Nc3ccccc3)cc2)c([2H])c1[2H].c1ccc(Nc2ccc(-c3ccccc3)cc2)cc1.c1ccc(Nc2ccc3ccccc3c2)cc1.c1ccc(Nc2cccc3ccccc23)cc1.c1ccc2c(Nc3cccc4ccccc34)cccc2c1. The van der Waals surface area contributed by atoms with Gasteiger partial charge in [-0.25, -0.2) is 0 Å². The van der Waals surface area contributed by atoms with Crippen LogP contribution < -0.4 is 26.6 Å². The van der Waals surface area contributed by atoms with Gasteiger partial charge in [0.1, 0.15) is 0 Å². The van der Waals surface area contributed by atoms with E-state index < -0.39 is 0 Å². The molecule has 0 heterocycles. The predicted octanol–water partition coefficient (Wildman–Crippen LogP) is 25.1. The lowest BCUT2D eigenvalue weighted by Gasteiger charge is -2.12. The average Bonchev–Trinajstić information content (AvgIpc) is 0.791.